The number of likely N-dealkylation sites (tertiary alicyclic amines) is 1. The third-order valence-corrected chi connectivity index (χ3v) is 5.38. The third-order valence-electron chi connectivity index (χ3n) is 5.38. The highest BCUT2D eigenvalue weighted by Crippen LogP contribution is 2.25. The largest absolute Gasteiger partial charge is 0.341 e. The number of piperazine rings is 1. The zero-order chi connectivity index (χ0) is 16.2. The summed E-state index contributed by atoms with van der Waals surface area (Å²) in [5, 5.41) is 3.40. The summed E-state index contributed by atoms with van der Waals surface area (Å²) in [6, 6.07) is 8.98. The van der Waals surface area contributed by atoms with Crippen molar-refractivity contribution in [2.75, 3.05) is 39.3 Å². The van der Waals surface area contributed by atoms with Crippen LogP contribution in [0.3, 0.4) is 0 Å². The molecular weight excluding hydrogens is 322 g/mol. The number of carbonyl (C=O) groups is 1. The molecule has 1 N–H and O–H groups in total. The van der Waals surface area contributed by atoms with E-state index in [1.165, 1.54) is 11.1 Å². The van der Waals surface area contributed by atoms with Crippen LogP contribution in [0.4, 0.5) is 0 Å². The average Bonchev–Trinajstić information content (AvgIpc) is 3.06. The van der Waals surface area contributed by atoms with Gasteiger partial charge in [0, 0.05) is 51.7 Å². The van der Waals surface area contributed by atoms with Crippen LogP contribution in [0.5, 0.6) is 0 Å². The molecule has 2 fully saturated rings. The molecular formula is C19H30ClN3O. The van der Waals surface area contributed by atoms with E-state index in [-0.39, 0.29) is 12.4 Å². The molecule has 1 aromatic rings. The van der Waals surface area contributed by atoms with Gasteiger partial charge in [0.05, 0.1) is 0 Å². The Kier molecular flexibility index (Phi) is 7.08. The van der Waals surface area contributed by atoms with Gasteiger partial charge < -0.3 is 10.2 Å². The van der Waals surface area contributed by atoms with Gasteiger partial charge in [-0.3, -0.25) is 9.69 Å². The zero-order valence-electron chi connectivity index (χ0n) is 14.8. The van der Waals surface area contributed by atoms with Gasteiger partial charge in [-0.25, -0.2) is 0 Å². The van der Waals surface area contributed by atoms with E-state index in [4.69, 9.17) is 0 Å². The average molecular weight is 352 g/mol. The molecule has 2 aliphatic heterocycles. The van der Waals surface area contributed by atoms with E-state index in [1.54, 1.807) is 0 Å². The minimum atomic E-state index is 0. The Morgan fingerprint density at radius 2 is 1.96 bits per heavy atom. The molecule has 3 rings (SSSR count). The van der Waals surface area contributed by atoms with Crippen LogP contribution >= 0.6 is 12.4 Å². The first-order valence-electron chi connectivity index (χ1n) is 8.93. The number of nitrogens with zero attached hydrogens (tertiary/aromatic N) is 2. The first kappa shape index (κ1) is 19.2. The lowest BCUT2D eigenvalue weighted by Crippen LogP contribution is -2.49. The molecule has 134 valence electrons. The number of carbonyl (C=O) groups excluding carboxylic acids is 1. The summed E-state index contributed by atoms with van der Waals surface area (Å²) in [5.41, 5.74) is 2.59. The highest BCUT2D eigenvalue weighted by atomic mass is 35.5. The van der Waals surface area contributed by atoms with Gasteiger partial charge in [-0.05, 0) is 30.4 Å². The van der Waals surface area contributed by atoms with Crippen LogP contribution in [0.15, 0.2) is 24.3 Å². The maximum absolute atomic E-state index is 12.7. The number of hydrogen-bond donors (Lipinski definition) is 1. The van der Waals surface area contributed by atoms with Gasteiger partial charge in [0.25, 0.3) is 0 Å². The standard InChI is InChI=1S/C19H29N3O.ClH/c1-15-5-3-4-6-18(15)16(2)13-19(23)22-10-7-17(14-22)21-11-8-20-9-12-21;/h3-6,16-17,20H,7-14H2,1-2H3;1H. The fourth-order valence-electron chi connectivity index (χ4n) is 3.95. The number of amides is 1. The van der Waals surface area contributed by atoms with Crippen molar-refractivity contribution < 1.29 is 4.79 Å². The van der Waals surface area contributed by atoms with Gasteiger partial charge in [0.1, 0.15) is 0 Å². The van der Waals surface area contributed by atoms with Gasteiger partial charge >= 0.3 is 0 Å². The molecule has 2 aliphatic rings. The summed E-state index contributed by atoms with van der Waals surface area (Å²) < 4.78 is 0. The second-order valence-electron chi connectivity index (χ2n) is 7.03. The van der Waals surface area contributed by atoms with Crippen LogP contribution in [-0.2, 0) is 4.79 Å². The molecule has 0 bridgehead atoms. The van der Waals surface area contributed by atoms with E-state index in [9.17, 15) is 4.79 Å². The monoisotopic (exact) mass is 351 g/mol. The van der Waals surface area contributed by atoms with E-state index in [0.29, 0.717) is 24.3 Å². The smallest absolute Gasteiger partial charge is 0.223 e. The Morgan fingerprint density at radius 1 is 1.25 bits per heavy atom. The van der Waals surface area contributed by atoms with Crippen LogP contribution in [0.2, 0.25) is 0 Å². The fourth-order valence-corrected chi connectivity index (χ4v) is 3.95. The van der Waals surface area contributed by atoms with Crippen molar-refractivity contribution in [3.63, 3.8) is 0 Å². The van der Waals surface area contributed by atoms with Crippen molar-refractivity contribution in [1.29, 1.82) is 0 Å². The molecule has 24 heavy (non-hydrogen) atoms. The molecule has 0 spiro atoms. The highest BCUT2D eigenvalue weighted by molar-refractivity contribution is 5.85. The van der Waals surface area contributed by atoms with E-state index < -0.39 is 0 Å². The Balaban J connectivity index is 0.00000208. The topological polar surface area (TPSA) is 35.6 Å². The maximum Gasteiger partial charge on any atom is 0.223 e. The second kappa shape index (κ2) is 8.84. The van der Waals surface area contributed by atoms with Gasteiger partial charge in [-0.1, -0.05) is 31.2 Å². The highest BCUT2D eigenvalue weighted by Gasteiger charge is 2.31. The number of aryl methyl sites for hydroxylation is 1. The SMILES string of the molecule is Cc1ccccc1C(C)CC(=O)N1CCC(N2CCNCC2)C1.Cl. The maximum atomic E-state index is 12.7. The molecule has 5 heteroatoms. The number of benzene rings is 1. The number of halogens is 1. The van der Waals surface area contributed by atoms with Crippen LogP contribution in [-0.4, -0.2) is 61.0 Å². The second-order valence-corrected chi connectivity index (χ2v) is 7.03. The first-order chi connectivity index (χ1) is 11.1. The van der Waals surface area contributed by atoms with E-state index >= 15 is 0 Å². The fraction of sp³-hybridized carbons (Fsp3) is 0.632. The molecule has 0 aromatic heterocycles. The summed E-state index contributed by atoms with van der Waals surface area (Å²) in [6.45, 7) is 10.5. The van der Waals surface area contributed by atoms with E-state index in [0.717, 1.165) is 45.7 Å². The molecule has 4 nitrogen and oxygen atoms in total. The first-order valence-corrected chi connectivity index (χ1v) is 8.93. The Hall–Kier alpha value is -1.10. The van der Waals surface area contributed by atoms with Gasteiger partial charge in [-0.2, -0.15) is 0 Å². The van der Waals surface area contributed by atoms with Crippen molar-refractivity contribution in [3.8, 4) is 0 Å². The van der Waals surface area contributed by atoms with Crippen LogP contribution < -0.4 is 5.32 Å². The summed E-state index contributed by atoms with van der Waals surface area (Å²) >= 11 is 0. The molecule has 2 atom stereocenters. The molecule has 2 unspecified atom stereocenters. The number of hydrogen-bond acceptors (Lipinski definition) is 3. The van der Waals surface area contributed by atoms with Crippen LogP contribution in [0, 0.1) is 6.92 Å². The predicted octanol–water partition coefficient (Wildman–Crippen LogP) is 2.42. The van der Waals surface area contributed by atoms with Gasteiger partial charge in [0.15, 0.2) is 0 Å². The minimum absolute atomic E-state index is 0. The Bertz CT molecular complexity index is 545. The number of nitrogens with one attached hydrogen (secondary N) is 1. The van der Waals surface area contributed by atoms with Crippen molar-refractivity contribution >= 4 is 18.3 Å². The molecule has 2 saturated heterocycles. The molecule has 0 radical (unpaired) electrons. The van der Waals surface area contributed by atoms with Gasteiger partial charge in [-0.15, -0.1) is 12.4 Å². The Morgan fingerprint density at radius 3 is 2.67 bits per heavy atom. The van der Waals surface area contributed by atoms with Crippen molar-refractivity contribution in [2.45, 2.75) is 38.6 Å². The molecule has 2 heterocycles. The lowest BCUT2D eigenvalue weighted by molar-refractivity contribution is -0.130. The van der Waals surface area contributed by atoms with Crippen molar-refractivity contribution in [2.24, 2.45) is 0 Å². The summed E-state index contributed by atoms with van der Waals surface area (Å²) in [5.74, 6) is 0.611. The summed E-state index contributed by atoms with van der Waals surface area (Å²) in [4.78, 5) is 17.3. The number of rotatable bonds is 4. The summed E-state index contributed by atoms with van der Waals surface area (Å²) in [7, 11) is 0. The Labute approximate surface area is 152 Å². The molecule has 1 aromatic carbocycles. The quantitative estimate of drug-likeness (QED) is 0.904. The summed E-state index contributed by atoms with van der Waals surface area (Å²) in [6.07, 6.45) is 1.75. The van der Waals surface area contributed by atoms with Crippen molar-refractivity contribution in [1.82, 2.24) is 15.1 Å². The molecule has 0 aliphatic carbocycles. The molecule has 0 saturated carbocycles. The third kappa shape index (κ3) is 4.50. The zero-order valence-corrected chi connectivity index (χ0v) is 15.6. The van der Waals surface area contributed by atoms with E-state index in [1.807, 2.05) is 0 Å². The van der Waals surface area contributed by atoms with Crippen molar-refractivity contribution in [3.05, 3.63) is 35.4 Å². The lowest BCUT2D eigenvalue weighted by atomic mass is 9.93. The van der Waals surface area contributed by atoms with Crippen LogP contribution in [0.25, 0.3) is 0 Å². The lowest BCUT2D eigenvalue weighted by Gasteiger charge is -2.32. The molecule has 1 amide bonds. The van der Waals surface area contributed by atoms with Crippen LogP contribution in [0.1, 0.15) is 36.8 Å². The van der Waals surface area contributed by atoms with E-state index in [2.05, 4.69) is 53.2 Å². The normalized spacial score (nSPS) is 22.9. The van der Waals surface area contributed by atoms with Gasteiger partial charge in [0.2, 0.25) is 5.91 Å². The predicted molar refractivity (Wildman–Crippen MR) is 101 cm³/mol. The minimum Gasteiger partial charge on any atom is -0.341 e.